The van der Waals surface area contributed by atoms with E-state index in [1.165, 1.54) is 19.1 Å². The second kappa shape index (κ2) is 8.12. The number of hydrogen-bond acceptors (Lipinski definition) is 7. The lowest BCUT2D eigenvalue weighted by molar-refractivity contribution is -0.150. The molecule has 2 atom stereocenters. The minimum absolute atomic E-state index is 0.0990. The van der Waals surface area contributed by atoms with Gasteiger partial charge in [-0.2, -0.15) is 0 Å². The third kappa shape index (κ3) is 5.50. The zero-order chi connectivity index (χ0) is 18.5. The number of esters is 2. The molecule has 1 heterocycles. The molecule has 8 nitrogen and oxygen atoms in total. The van der Waals surface area contributed by atoms with Crippen molar-refractivity contribution >= 4 is 23.8 Å². The topological polar surface area (TPSA) is 99.2 Å². The second-order valence-electron chi connectivity index (χ2n) is 6.65. The highest BCUT2D eigenvalue weighted by atomic mass is 16.6. The van der Waals surface area contributed by atoms with Gasteiger partial charge in [0.15, 0.2) is 0 Å². The van der Waals surface area contributed by atoms with E-state index in [0.717, 1.165) is 0 Å². The molecule has 1 aliphatic heterocycles. The molecule has 8 heteroatoms. The smallest absolute Gasteiger partial charge is 0.411 e. The van der Waals surface area contributed by atoms with Crippen LogP contribution in [-0.4, -0.2) is 61.1 Å². The van der Waals surface area contributed by atoms with E-state index in [9.17, 15) is 19.2 Å². The van der Waals surface area contributed by atoms with E-state index in [0.29, 0.717) is 6.42 Å². The van der Waals surface area contributed by atoms with E-state index < -0.39 is 35.6 Å². The molecule has 1 fully saturated rings. The van der Waals surface area contributed by atoms with Crippen molar-refractivity contribution in [1.29, 1.82) is 0 Å². The van der Waals surface area contributed by atoms with Crippen molar-refractivity contribution < 1.29 is 33.4 Å². The Morgan fingerprint density at radius 2 is 1.71 bits per heavy atom. The summed E-state index contributed by atoms with van der Waals surface area (Å²) in [6, 6.07) is -0.912. The average Bonchev–Trinajstić information content (AvgIpc) is 2.51. The molecular weight excluding hydrogens is 318 g/mol. The number of piperidine rings is 1. The standard InChI is InChI=1S/C16H25NO7/c1-16(2,3)24-15(21)17-7-6-10(8-11(17)14(20)23-5)12(18)9-13(19)22-4/h10-11H,6-9H2,1-5H3. The van der Waals surface area contributed by atoms with Crippen LogP contribution in [0.5, 0.6) is 0 Å². The van der Waals surface area contributed by atoms with Crippen LogP contribution in [-0.2, 0) is 28.6 Å². The quantitative estimate of drug-likeness (QED) is 0.431. The molecule has 2 unspecified atom stereocenters. The minimum atomic E-state index is -0.912. The Balaban J connectivity index is 2.85. The Bertz CT molecular complexity index is 509. The molecule has 1 saturated heterocycles. The van der Waals surface area contributed by atoms with E-state index in [-0.39, 0.29) is 25.2 Å². The van der Waals surface area contributed by atoms with Gasteiger partial charge in [-0.1, -0.05) is 0 Å². The fourth-order valence-corrected chi connectivity index (χ4v) is 2.52. The van der Waals surface area contributed by atoms with Gasteiger partial charge in [-0.25, -0.2) is 9.59 Å². The summed E-state index contributed by atoms with van der Waals surface area (Å²) >= 11 is 0. The third-order valence-corrected chi connectivity index (χ3v) is 3.71. The lowest BCUT2D eigenvalue weighted by Crippen LogP contribution is -2.53. The van der Waals surface area contributed by atoms with Crippen LogP contribution in [0, 0.1) is 5.92 Å². The van der Waals surface area contributed by atoms with Gasteiger partial charge in [0.2, 0.25) is 0 Å². The van der Waals surface area contributed by atoms with Crippen molar-refractivity contribution in [3.05, 3.63) is 0 Å². The van der Waals surface area contributed by atoms with Gasteiger partial charge in [-0.15, -0.1) is 0 Å². The van der Waals surface area contributed by atoms with Crippen LogP contribution in [0.25, 0.3) is 0 Å². The van der Waals surface area contributed by atoms with Crippen LogP contribution in [0.4, 0.5) is 4.79 Å². The molecule has 136 valence electrons. The van der Waals surface area contributed by atoms with Crippen LogP contribution in [0.15, 0.2) is 0 Å². The predicted octanol–water partition coefficient (Wildman–Crippen LogP) is 1.31. The Morgan fingerprint density at radius 1 is 1.08 bits per heavy atom. The molecule has 0 bridgehead atoms. The van der Waals surface area contributed by atoms with Crippen molar-refractivity contribution in [2.24, 2.45) is 5.92 Å². The SMILES string of the molecule is COC(=O)CC(=O)C1CCN(C(=O)OC(C)(C)C)C(C(=O)OC)C1. The number of carbonyl (C=O) groups excluding carboxylic acids is 4. The first-order valence-electron chi connectivity index (χ1n) is 7.76. The van der Waals surface area contributed by atoms with E-state index in [2.05, 4.69) is 4.74 Å². The first-order valence-corrected chi connectivity index (χ1v) is 7.76. The largest absolute Gasteiger partial charge is 0.469 e. The molecule has 0 spiro atoms. The summed E-state index contributed by atoms with van der Waals surface area (Å²) in [4.78, 5) is 49.0. The van der Waals surface area contributed by atoms with Crippen molar-refractivity contribution in [2.45, 2.75) is 51.7 Å². The fraction of sp³-hybridized carbons (Fsp3) is 0.750. The number of amides is 1. The molecule has 0 aromatic heterocycles. The van der Waals surface area contributed by atoms with Crippen LogP contribution < -0.4 is 0 Å². The Hall–Kier alpha value is -2.12. The highest BCUT2D eigenvalue weighted by Crippen LogP contribution is 2.27. The summed E-state index contributed by atoms with van der Waals surface area (Å²) in [6.45, 7) is 5.35. The summed E-state index contributed by atoms with van der Waals surface area (Å²) in [5, 5.41) is 0. The van der Waals surface area contributed by atoms with Gasteiger partial charge in [-0.05, 0) is 33.6 Å². The van der Waals surface area contributed by atoms with Crippen LogP contribution in [0.3, 0.4) is 0 Å². The lowest BCUT2D eigenvalue weighted by Gasteiger charge is -2.37. The molecule has 1 rings (SSSR count). The summed E-state index contributed by atoms with van der Waals surface area (Å²) in [5.41, 5.74) is -0.699. The number of hydrogen-bond donors (Lipinski definition) is 0. The maximum Gasteiger partial charge on any atom is 0.411 e. The third-order valence-electron chi connectivity index (χ3n) is 3.71. The number of carbonyl (C=O) groups is 4. The van der Waals surface area contributed by atoms with Crippen molar-refractivity contribution in [2.75, 3.05) is 20.8 Å². The van der Waals surface area contributed by atoms with Gasteiger partial charge in [0, 0.05) is 12.5 Å². The number of likely N-dealkylation sites (tertiary alicyclic amines) is 1. The number of ether oxygens (including phenoxy) is 3. The van der Waals surface area contributed by atoms with Gasteiger partial charge in [0.1, 0.15) is 23.8 Å². The second-order valence-corrected chi connectivity index (χ2v) is 6.65. The molecule has 0 N–H and O–H groups in total. The molecule has 24 heavy (non-hydrogen) atoms. The van der Waals surface area contributed by atoms with E-state index in [1.54, 1.807) is 20.8 Å². The summed E-state index contributed by atoms with van der Waals surface area (Å²) in [6.07, 6.45) is -0.525. The molecule has 0 aromatic rings. The molecule has 0 aliphatic carbocycles. The Labute approximate surface area is 141 Å². The number of nitrogens with zero attached hydrogens (tertiary/aromatic N) is 1. The van der Waals surface area contributed by atoms with E-state index in [1.807, 2.05) is 0 Å². The number of rotatable bonds is 4. The molecule has 1 amide bonds. The van der Waals surface area contributed by atoms with E-state index in [4.69, 9.17) is 9.47 Å². The summed E-state index contributed by atoms with van der Waals surface area (Å²) < 4.78 is 14.5. The van der Waals surface area contributed by atoms with E-state index >= 15 is 0 Å². The molecule has 0 saturated carbocycles. The maximum atomic E-state index is 12.3. The molecule has 0 aromatic carbocycles. The van der Waals surface area contributed by atoms with Crippen LogP contribution in [0.2, 0.25) is 0 Å². The summed E-state index contributed by atoms with van der Waals surface area (Å²) in [5.74, 6) is -2.05. The maximum absolute atomic E-state index is 12.3. The minimum Gasteiger partial charge on any atom is -0.469 e. The zero-order valence-electron chi connectivity index (χ0n) is 14.8. The van der Waals surface area contributed by atoms with Crippen molar-refractivity contribution in [3.8, 4) is 0 Å². The fourth-order valence-electron chi connectivity index (χ4n) is 2.52. The van der Waals surface area contributed by atoms with Gasteiger partial charge in [0.05, 0.1) is 14.2 Å². The van der Waals surface area contributed by atoms with Crippen LogP contribution in [0.1, 0.15) is 40.0 Å². The predicted molar refractivity (Wildman–Crippen MR) is 83.1 cm³/mol. The van der Waals surface area contributed by atoms with Crippen molar-refractivity contribution in [1.82, 2.24) is 4.90 Å². The highest BCUT2D eigenvalue weighted by molar-refractivity contribution is 5.97. The number of Topliss-reactive ketones (excluding diaryl/α,β-unsaturated/α-hetero) is 1. The summed E-state index contributed by atoms with van der Waals surface area (Å²) in [7, 11) is 2.42. The lowest BCUT2D eigenvalue weighted by atomic mass is 9.86. The number of methoxy groups -OCH3 is 2. The Morgan fingerprint density at radius 3 is 2.21 bits per heavy atom. The van der Waals surface area contributed by atoms with Crippen molar-refractivity contribution in [3.63, 3.8) is 0 Å². The normalized spacial score (nSPS) is 21.0. The number of ketones is 1. The molecule has 0 radical (unpaired) electrons. The molecule has 1 aliphatic rings. The molecular formula is C16H25NO7. The van der Waals surface area contributed by atoms with Gasteiger partial charge >= 0.3 is 18.0 Å². The highest BCUT2D eigenvalue weighted by Gasteiger charge is 2.41. The van der Waals surface area contributed by atoms with Gasteiger partial charge < -0.3 is 14.2 Å². The monoisotopic (exact) mass is 343 g/mol. The zero-order valence-corrected chi connectivity index (χ0v) is 14.8. The van der Waals surface area contributed by atoms with Crippen LogP contribution >= 0.6 is 0 Å². The Kier molecular flexibility index (Phi) is 6.74. The first kappa shape index (κ1) is 19.9. The first-order chi connectivity index (χ1) is 11.1. The van der Waals surface area contributed by atoms with Gasteiger partial charge in [-0.3, -0.25) is 14.5 Å². The van der Waals surface area contributed by atoms with Gasteiger partial charge in [0.25, 0.3) is 0 Å². The average molecular weight is 343 g/mol.